The predicted molar refractivity (Wildman–Crippen MR) is 73.1 cm³/mol. The Morgan fingerprint density at radius 2 is 1.90 bits per heavy atom. The van der Waals surface area contributed by atoms with Crippen LogP contribution in [-0.4, -0.2) is 17.4 Å². The lowest BCUT2D eigenvalue weighted by Crippen LogP contribution is -2.30. The molecule has 1 aromatic rings. The average molecular weight is 295 g/mol. The second-order valence-electron chi connectivity index (χ2n) is 5.20. The van der Waals surface area contributed by atoms with Crippen molar-refractivity contribution >= 4 is 5.91 Å². The third kappa shape index (κ3) is 3.21. The molecule has 1 fully saturated rings. The second-order valence-corrected chi connectivity index (χ2v) is 5.20. The average Bonchev–Trinajstić information content (AvgIpc) is 2.80. The Morgan fingerprint density at radius 1 is 1.29 bits per heavy atom. The van der Waals surface area contributed by atoms with Crippen molar-refractivity contribution in [2.24, 2.45) is 5.92 Å². The Morgan fingerprint density at radius 3 is 2.43 bits per heavy atom. The van der Waals surface area contributed by atoms with Crippen LogP contribution in [0.2, 0.25) is 0 Å². The highest BCUT2D eigenvalue weighted by atomic mass is 19.4. The number of rotatable bonds is 1. The number of amides is 1. The lowest BCUT2D eigenvalue weighted by Gasteiger charge is -2.26. The third-order valence-electron chi connectivity index (χ3n) is 3.77. The van der Waals surface area contributed by atoms with E-state index in [4.69, 9.17) is 0 Å². The van der Waals surface area contributed by atoms with Gasteiger partial charge in [-0.15, -0.1) is 0 Å². The molecule has 1 saturated heterocycles. The number of hydrogen-bond acceptors (Lipinski definition) is 1. The highest BCUT2D eigenvalue weighted by molar-refractivity contribution is 5.94. The molecule has 0 N–H and O–H groups in total. The highest BCUT2D eigenvalue weighted by Crippen LogP contribution is 2.38. The van der Waals surface area contributed by atoms with E-state index in [1.54, 1.807) is 11.8 Å². The number of likely N-dealkylation sites (tertiary alicyclic amines) is 1. The third-order valence-corrected chi connectivity index (χ3v) is 3.77. The number of hydrogen-bond donors (Lipinski definition) is 0. The summed E-state index contributed by atoms with van der Waals surface area (Å²) in [6.45, 7) is 4.17. The lowest BCUT2D eigenvalue weighted by molar-refractivity contribution is -0.137. The number of carbonyl (C=O) groups is 1. The van der Waals surface area contributed by atoms with E-state index in [0.29, 0.717) is 6.54 Å². The minimum absolute atomic E-state index is 0.198. The summed E-state index contributed by atoms with van der Waals surface area (Å²) >= 11 is 0. The Bertz CT molecular complexity index is 580. The summed E-state index contributed by atoms with van der Waals surface area (Å²) in [4.78, 5) is 13.6. The molecular weight excluding hydrogens is 279 g/mol. The molecule has 0 radical (unpaired) electrons. The molecule has 5 heteroatoms. The van der Waals surface area contributed by atoms with E-state index in [2.05, 4.69) is 11.8 Å². The molecule has 0 spiro atoms. The molecule has 1 aromatic carbocycles. The standard InChI is InChI=1S/C16H16F3NO/c1-3-4-14(21)20-10-9-11(2)15(20)12-5-7-13(8-6-12)16(17,18)19/h5-8,11,15H,9-10H2,1-2H3. The molecule has 1 aliphatic heterocycles. The number of benzene rings is 1. The fourth-order valence-electron chi connectivity index (χ4n) is 2.73. The van der Waals surface area contributed by atoms with Crippen LogP contribution in [0.5, 0.6) is 0 Å². The SMILES string of the molecule is CC#CC(=O)N1CCC(C)C1c1ccc(C(F)(F)F)cc1. The number of nitrogens with zero attached hydrogens (tertiary/aromatic N) is 1. The van der Waals surface area contributed by atoms with E-state index in [-0.39, 0.29) is 17.9 Å². The maximum absolute atomic E-state index is 12.6. The summed E-state index contributed by atoms with van der Waals surface area (Å²) in [7, 11) is 0. The van der Waals surface area contributed by atoms with E-state index >= 15 is 0 Å². The van der Waals surface area contributed by atoms with Gasteiger partial charge in [0.2, 0.25) is 0 Å². The minimum atomic E-state index is -4.34. The van der Waals surface area contributed by atoms with Gasteiger partial charge in [0.25, 0.3) is 5.91 Å². The van der Waals surface area contributed by atoms with Crippen molar-refractivity contribution in [1.82, 2.24) is 4.90 Å². The number of carbonyl (C=O) groups excluding carboxylic acids is 1. The Balaban J connectivity index is 2.29. The topological polar surface area (TPSA) is 20.3 Å². The van der Waals surface area contributed by atoms with Gasteiger partial charge in [0.05, 0.1) is 11.6 Å². The molecule has 2 atom stereocenters. The number of halogens is 3. The Hall–Kier alpha value is -1.96. The first-order valence-corrected chi connectivity index (χ1v) is 6.75. The van der Waals surface area contributed by atoms with Crippen molar-refractivity contribution in [2.75, 3.05) is 6.54 Å². The molecule has 0 bridgehead atoms. The van der Waals surface area contributed by atoms with Gasteiger partial charge in [-0.2, -0.15) is 13.2 Å². The quantitative estimate of drug-likeness (QED) is 0.724. The van der Waals surface area contributed by atoms with Crippen molar-refractivity contribution in [2.45, 2.75) is 32.5 Å². The van der Waals surface area contributed by atoms with Crippen molar-refractivity contribution in [3.05, 3.63) is 35.4 Å². The summed E-state index contributed by atoms with van der Waals surface area (Å²) in [5.74, 6) is 5.00. The molecule has 1 amide bonds. The summed E-state index contributed by atoms with van der Waals surface area (Å²) in [5, 5.41) is 0. The minimum Gasteiger partial charge on any atom is -0.325 e. The fraction of sp³-hybridized carbons (Fsp3) is 0.438. The fourth-order valence-corrected chi connectivity index (χ4v) is 2.73. The van der Waals surface area contributed by atoms with Gasteiger partial charge in [-0.1, -0.05) is 25.0 Å². The van der Waals surface area contributed by atoms with E-state index in [1.807, 2.05) is 6.92 Å². The largest absolute Gasteiger partial charge is 0.416 e. The zero-order valence-electron chi connectivity index (χ0n) is 11.9. The first kappa shape index (κ1) is 15.4. The molecule has 112 valence electrons. The zero-order valence-corrected chi connectivity index (χ0v) is 11.9. The first-order chi connectivity index (χ1) is 9.84. The van der Waals surface area contributed by atoms with Gasteiger partial charge >= 0.3 is 6.18 Å². The zero-order chi connectivity index (χ0) is 15.6. The van der Waals surface area contributed by atoms with Crippen LogP contribution in [0.15, 0.2) is 24.3 Å². The van der Waals surface area contributed by atoms with E-state index in [0.717, 1.165) is 24.1 Å². The molecule has 1 aliphatic rings. The van der Waals surface area contributed by atoms with Crippen LogP contribution in [0.4, 0.5) is 13.2 Å². The van der Waals surface area contributed by atoms with Crippen molar-refractivity contribution in [3.8, 4) is 11.8 Å². The lowest BCUT2D eigenvalue weighted by atomic mass is 9.94. The van der Waals surface area contributed by atoms with Crippen LogP contribution in [0.25, 0.3) is 0 Å². The van der Waals surface area contributed by atoms with Gasteiger partial charge in [0.1, 0.15) is 0 Å². The summed E-state index contributed by atoms with van der Waals surface area (Å²) < 4.78 is 37.8. The van der Waals surface area contributed by atoms with E-state index in [9.17, 15) is 18.0 Å². The van der Waals surface area contributed by atoms with Crippen LogP contribution in [0.1, 0.15) is 37.4 Å². The van der Waals surface area contributed by atoms with Crippen molar-refractivity contribution in [3.63, 3.8) is 0 Å². The summed E-state index contributed by atoms with van der Waals surface area (Å²) in [6.07, 6.45) is -3.52. The van der Waals surface area contributed by atoms with Gasteiger partial charge < -0.3 is 4.90 Å². The smallest absolute Gasteiger partial charge is 0.325 e. The van der Waals surface area contributed by atoms with Crippen LogP contribution in [0, 0.1) is 17.8 Å². The molecule has 0 aromatic heterocycles. The normalized spacial score (nSPS) is 21.9. The van der Waals surface area contributed by atoms with Gasteiger partial charge in [-0.25, -0.2) is 0 Å². The Labute approximate surface area is 121 Å². The van der Waals surface area contributed by atoms with Gasteiger partial charge in [-0.05, 0) is 42.9 Å². The maximum Gasteiger partial charge on any atom is 0.416 e. The van der Waals surface area contributed by atoms with E-state index in [1.165, 1.54) is 12.1 Å². The maximum atomic E-state index is 12.6. The molecule has 21 heavy (non-hydrogen) atoms. The van der Waals surface area contributed by atoms with Crippen LogP contribution >= 0.6 is 0 Å². The molecule has 0 aliphatic carbocycles. The summed E-state index contributed by atoms with van der Waals surface area (Å²) in [5.41, 5.74) is 0.0439. The monoisotopic (exact) mass is 295 g/mol. The van der Waals surface area contributed by atoms with Gasteiger partial charge in [0.15, 0.2) is 0 Å². The van der Waals surface area contributed by atoms with E-state index < -0.39 is 11.7 Å². The first-order valence-electron chi connectivity index (χ1n) is 6.75. The van der Waals surface area contributed by atoms with Crippen LogP contribution in [0.3, 0.4) is 0 Å². The van der Waals surface area contributed by atoms with Gasteiger partial charge in [0, 0.05) is 6.54 Å². The molecular formula is C16H16F3NO. The molecule has 2 rings (SSSR count). The second kappa shape index (κ2) is 5.80. The molecule has 2 unspecified atom stereocenters. The predicted octanol–water partition coefficient (Wildman–Crippen LogP) is 3.64. The summed E-state index contributed by atoms with van der Waals surface area (Å²) in [6, 6.07) is 4.83. The van der Waals surface area contributed by atoms with Gasteiger partial charge in [-0.3, -0.25) is 4.79 Å². The van der Waals surface area contributed by atoms with Crippen molar-refractivity contribution < 1.29 is 18.0 Å². The molecule has 1 heterocycles. The van der Waals surface area contributed by atoms with Crippen LogP contribution < -0.4 is 0 Å². The highest BCUT2D eigenvalue weighted by Gasteiger charge is 2.36. The molecule has 0 saturated carbocycles. The van der Waals surface area contributed by atoms with Crippen molar-refractivity contribution in [1.29, 1.82) is 0 Å². The Kier molecular flexibility index (Phi) is 4.26. The molecule has 2 nitrogen and oxygen atoms in total. The number of alkyl halides is 3. The van der Waals surface area contributed by atoms with Crippen LogP contribution in [-0.2, 0) is 11.0 Å².